The summed E-state index contributed by atoms with van der Waals surface area (Å²) >= 11 is 7.44. The van der Waals surface area contributed by atoms with Gasteiger partial charge in [0.15, 0.2) is 0 Å². The number of aryl methyl sites for hydroxylation is 1. The third kappa shape index (κ3) is 3.24. The third-order valence-electron chi connectivity index (χ3n) is 2.26. The van der Waals surface area contributed by atoms with Crippen molar-refractivity contribution in [2.45, 2.75) is 16.8 Å². The Balaban J connectivity index is 2.31. The maximum atomic E-state index is 7.46. The van der Waals surface area contributed by atoms with Gasteiger partial charge < -0.3 is 5.73 Å². The molecule has 1 aromatic heterocycles. The summed E-state index contributed by atoms with van der Waals surface area (Å²) in [5.74, 6) is 0.0495. The van der Waals surface area contributed by atoms with E-state index in [1.807, 2.05) is 31.2 Å². The van der Waals surface area contributed by atoms with E-state index in [0.29, 0.717) is 10.6 Å². The van der Waals surface area contributed by atoms with Crippen LogP contribution in [0.4, 0.5) is 0 Å². The molecule has 0 unspecified atom stereocenters. The molecule has 18 heavy (non-hydrogen) atoms. The topological polar surface area (TPSA) is 62.8 Å². The molecular formula is C13H12ClN3S. The SMILES string of the molecule is Cc1cc(C(=N)N)cc(Sc2cccc(Cl)c2)n1. The highest BCUT2D eigenvalue weighted by atomic mass is 35.5. The van der Waals surface area contributed by atoms with Crippen LogP contribution < -0.4 is 5.73 Å². The van der Waals surface area contributed by atoms with E-state index in [1.165, 1.54) is 11.8 Å². The minimum Gasteiger partial charge on any atom is -0.384 e. The Kier molecular flexibility index (Phi) is 3.89. The van der Waals surface area contributed by atoms with Crippen LogP contribution in [-0.4, -0.2) is 10.8 Å². The van der Waals surface area contributed by atoms with Crippen molar-refractivity contribution < 1.29 is 0 Å². The number of nitrogen functional groups attached to an aromatic ring is 1. The van der Waals surface area contributed by atoms with E-state index >= 15 is 0 Å². The molecule has 3 nitrogen and oxygen atoms in total. The fraction of sp³-hybridized carbons (Fsp3) is 0.0769. The largest absolute Gasteiger partial charge is 0.384 e. The predicted octanol–water partition coefficient (Wildman–Crippen LogP) is 3.48. The van der Waals surface area contributed by atoms with E-state index in [1.54, 1.807) is 12.1 Å². The smallest absolute Gasteiger partial charge is 0.122 e. The van der Waals surface area contributed by atoms with Crippen LogP contribution in [0.3, 0.4) is 0 Å². The van der Waals surface area contributed by atoms with E-state index in [9.17, 15) is 0 Å². The van der Waals surface area contributed by atoms with Gasteiger partial charge in [-0.05, 0) is 37.3 Å². The summed E-state index contributed by atoms with van der Waals surface area (Å²) in [6, 6.07) is 11.2. The number of hydrogen-bond donors (Lipinski definition) is 2. The van der Waals surface area contributed by atoms with Gasteiger partial charge in [0, 0.05) is 21.2 Å². The second kappa shape index (κ2) is 5.42. The average Bonchev–Trinajstić information content (AvgIpc) is 2.28. The summed E-state index contributed by atoms with van der Waals surface area (Å²) in [5.41, 5.74) is 7.02. The summed E-state index contributed by atoms with van der Waals surface area (Å²) in [7, 11) is 0. The van der Waals surface area contributed by atoms with Crippen LogP contribution in [0.5, 0.6) is 0 Å². The molecule has 1 aromatic carbocycles. The fourth-order valence-electron chi connectivity index (χ4n) is 1.50. The lowest BCUT2D eigenvalue weighted by Gasteiger charge is -2.05. The van der Waals surface area contributed by atoms with Crippen molar-refractivity contribution in [3.8, 4) is 0 Å². The Morgan fingerprint density at radius 1 is 1.33 bits per heavy atom. The molecule has 2 rings (SSSR count). The number of benzene rings is 1. The average molecular weight is 278 g/mol. The first-order chi connectivity index (χ1) is 8.54. The number of nitrogens with two attached hydrogens (primary N) is 1. The van der Waals surface area contributed by atoms with Crippen LogP contribution in [0.15, 0.2) is 46.3 Å². The molecule has 0 aliphatic heterocycles. The highest BCUT2D eigenvalue weighted by molar-refractivity contribution is 7.99. The molecule has 0 saturated heterocycles. The quantitative estimate of drug-likeness (QED) is 0.667. The van der Waals surface area contributed by atoms with Crippen LogP contribution >= 0.6 is 23.4 Å². The second-order valence-electron chi connectivity index (χ2n) is 3.81. The summed E-state index contributed by atoms with van der Waals surface area (Å²) < 4.78 is 0. The van der Waals surface area contributed by atoms with E-state index in [0.717, 1.165) is 15.6 Å². The molecule has 0 spiro atoms. The van der Waals surface area contributed by atoms with Gasteiger partial charge >= 0.3 is 0 Å². The van der Waals surface area contributed by atoms with Gasteiger partial charge in [-0.15, -0.1) is 0 Å². The van der Waals surface area contributed by atoms with Gasteiger partial charge in [-0.1, -0.05) is 29.4 Å². The van der Waals surface area contributed by atoms with Crippen LogP contribution in [0, 0.1) is 12.3 Å². The molecule has 1 heterocycles. The minimum absolute atomic E-state index is 0.0495. The number of aromatic nitrogens is 1. The normalized spacial score (nSPS) is 10.3. The standard InChI is InChI=1S/C13H12ClN3S/c1-8-5-9(13(15)16)6-12(17-8)18-11-4-2-3-10(14)7-11/h2-7H,1H3,(H3,15,16). The van der Waals surface area contributed by atoms with Crippen LogP contribution in [-0.2, 0) is 0 Å². The van der Waals surface area contributed by atoms with Crippen LogP contribution in [0.2, 0.25) is 5.02 Å². The van der Waals surface area contributed by atoms with Crippen molar-refractivity contribution in [1.29, 1.82) is 5.41 Å². The Labute approximate surface area is 115 Å². The lowest BCUT2D eigenvalue weighted by Crippen LogP contribution is -2.11. The first kappa shape index (κ1) is 12.9. The molecule has 0 amide bonds. The summed E-state index contributed by atoms with van der Waals surface area (Å²) in [4.78, 5) is 5.42. The van der Waals surface area contributed by atoms with Crippen molar-refractivity contribution in [2.75, 3.05) is 0 Å². The molecule has 0 radical (unpaired) electrons. The zero-order valence-corrected chi connectivity index (χ0v) is 11.3. The van der Waals surface area contributed by atoms with Gasteiger partial charge in [0.05, 0.1) is 0 Å². The number of nitrogens with zero attached hydrogens (tertiary/aromatic N) is 1. The van der Waals surface area contributed by atoms with Gasteiger partial charge in [0.25, 0.3) is 0 Å². The van der Waals surface area contributed by atoms with Crippen LogP contribution in [0.1, 0.15) is 11.3 Å². The fourth-order valence-corrected chi connectivity index (χ4v) is 2.70. The second-order valence-corrected chi connectivity index (χ2v) is 5.34. The lowest BCUT2D eigenvalue weighted by molar-refractivity contribution is 1.06. The van der Waals surface area contributed by atoms with Gasteiger partial charge in [-0.25, -0.2) is 4.98 Å². The number of hydrogen-bond acceptors (Lipinski definition) is 3. The molecule has 5 heteroatoms. The minimum atomic E-state index is 0.0495. The predicted molar refractivity (Wildman–Crippen MR) is 75.6 cm³/mol. The van der Waals surface area contributed by atoms with Crippen molar-refractivity contribution >= 4 is 29.2 Å². The number of pyridine rings is 1. The van der Waals surface area contributed by atoms with E-state index in [4.69, 9.17) is 22.7 Å². The Bertz CT molecular complexity index is 599. The number of amidine groups is 1. The summed E-state index contributed by atoms with van der Waals surface area (Å²) in [5, 5.41) is 8.96. The Morgan fingerprint density at radius 3 is 2.78 bits per heavy atom. The van der Waals surface area contributed by atoms with E-state index in [2.05, 4.69) is 4.98 Å². The maximum Gasteiger partial charge on any atom is 0.122 e. The van der Waals surface area contributed by atoms with Gasteiger partial charge in [0.2, 0.25) is 0 Å². The molecule has 0 atom stereocenters. The summed E-state index contributed by atoms with van der Waals surface area (Å²) in [6.07, 6.45) is 0. The van der Waals surface area contributed by atoms with Gasteiger partial charge in [-0.2, -0.15) is 0 Å². The molecular weight excluding hydrogens is 266 g/mol. The first-order valence-electron chi connectivity index (χ1n) is 5.31. The van der Waals surface area contributed by atoms with Crippen LogP contribution in [0.25, 0.3) is 0 Å². The summed E-state index contributed by atoms with van der Waals surface area (Å²) in [6.45, 7) is 1.88. The van der Waals surface area contributed by atoms with Crippen molar-refractivity contribution in [1.82, 2.24) is 4.98 Å². The van der Waals surface area contributed by atoms with Crippen molar-refractivity contribution in [2.24, 2.45) is 5.73 Å². The molecule has 92 valence electrons. The molecule has 2 aromatic rings. The molecule has 0 aliphatic rings. The van der Waals surface area contributed by atoms with Crippen molar-refractivity contribution in [3.63, 3.8) is 0 Å². The Morgan fingerprint density at radius 2 is 2.11 bits per heavy atom. The first-order valence-corrected chi connectivity index (χ1v) is 6.50. The zero-order chi connectivity index (χ0) is 13.1. The molecule has 0 bridgehead atoms. The van der Waals surface area contributed by atoms with Gasteiger partial charge in [-0.3, -0.25) is 5.41 Å². The molecule has 0 saturated carbocycles. The van der Waals surface area contributed by atoms with E-state index in [-0.39, 0.29) is 5.84 Å². The third-order valence-corrected chi connectivity index (χ3v) is 3.40. The monoisotopic (exact) mass is 277 g/mol. The highest BCUT2D eigenvalue weighted by Crippen LogP contribution is 2.28. The Hall–Kier alpha value is -1.52. The number of rotatable bonds is 3. The van der Waals surface area contributed by atoms with E-state index < -0.39 is 0 Å². The van der Waals surface area contributed by atoms with Crippen molar-refractivity contribution in [3.05, 3.63) is 52.7 Å². The highest BCUT2D eigenvalue weighted by Gasteiger charge is 2.05. The number of nitrogens with one attached hydrogen (secondary N) is 1. The zero-order valence-electron chi connectivity index (χ0n) is 9.77. The maximum absolute atomic E-state index is 7.46. The molecule has 0 aliphatic carbocycles. The lowest BCUT2D eigenvalue weighted by atomic mass is 10.2. The number of halogens is 1. The molecule has 0 fully saturated rings. The van der Waals surface area contributed by atoms with Gasteiger partial charge in [0.1, 0.15) is 10.9 Å². The molecule has 3 N–H and O–H groups in total.